The second kappa shape index (κ2) is 12.8. The summed E-state index contributed by atoms with van der Waals surface area (Å²) >= 11 is 0. The van der Waals surface area contributed by atoms with E-state index in [1.165, 1.54) is 57.8 Å². The minimum atomic E-state index is -0.400. The first-order chi connectivity index (χ1) is 17.7. The summed E-state index contributed by atoms with van der Waals surface area (Å²) in [7, 11) is 0. The first-order valence-corrected chi connectivity index (χ1v) is 15.8. The Kier molecular flexibility index (Phi) is 10.3. The van der Waals surface area contributed by atoms with Gasteiger partial charge in [-0.25, -0.2) is 0 Å². The molecule has 0 amide bonds. The molecule has 9 atom stereocenters. The molecule has 4 aliphatic rings. The number of hydrogen-bond acceptors (Lipinski definition) is 4. The van der Waals surface area contributed by atoms with E-state index < -0.39 is 6.10 Å². The van der Waals surface area contributed by atoms with Gasteiger partial charge in [0.05, 0.1) is 39.1 Å². The SMILES string of the molecule is CC(C)CCC[C@@H](C)[C@H]1CC[C@H]2[C@@H]3CC=C4C[C@@H](C(O)COCCOCCO)CC[C@]4(C)[C@H]3CC[C@]12C. The monoisotopic (exact) mass is 518 g/mol. The Morgan fingerprint density at radius 1 is 0.946 bits per heavy atom. The normalized spacial score (nSPS) is 39.0. The summed E-state index contributed by atoms with van der Waals surface area (Å²) in [6.45, 7) is 14.3. The molecule has 0 aromatic heterocycles. The van der Waals surface area contributed by atoms with Gasteiger partial charge in [-0.2, -0.15) is 0 Å². The van der Waals surface area contributed by atoms with E-state index in [9.17, 15) is 5.11 Å². The Labute approximate surface area is 228 Å². The number of rotatable bonds is 13. The third-order valence-corrected chi connectivity index (χ3v) is 11.8. The van der Waals surface area contributed by atoms with Crippen molar-refractivity contribution in [3.63, 3.8) is 0 Å². The van der Waals surface area contributed by atoms with Gasteiger partial charge in [-0.05, 0) is 104 Å². The van der Waals surface area contributed by atoms with E-state index in [1.807, 2.05) is 0 Å². The summed E-state index contributed by atoms with van der Waals surface area (Å²) in [4.78, 5) is 0. The van der Waals surface area contributed by atoms with E-state index in [1.54, 1.807) is 5.57 Å². The molecule has 0 aliphatic heterocycles. The molecule has 4 heteroatoms. The maximum absolute atomic E-state index is 10.9. The van der Waals surface area contributed by atoms with Crippen LogP contribution in [0.5, 0.6) is 0 Å². The average Bonchev–Trinajstić information content (AvgIpc) is 3.22. The fraction of sp³-hybridized carbons (Fsp3) is 0.939. The highest BCUT2D eigenvalue weighted by atomic mass is 16.5. The van der Waals surface area contributed by atoms with Gasteiger partial charge in [0.15, 0.2) is 0 Å². The summed E-state index contributed by atoms with van der Waals surface area (Å²) in [6, 6.07) is 0. The van der Waals surface area contributed by atoms with Crippen molar-refractivity contribution in [1.82, 2.24) is 0 Å². The topological polar surface area (TPSA) is 58.9 Å². The highest BCUT2D eigenvalue weighted by Gasteiger charge is 2.59. The van der Waals surface area contributed by atoms with Gasteiger partial charge in [0.1, 0.15) is 0 Å². The third-order valence-electron chi connectivity index (χ3n) is 11.8. The zero-order valence-corrected chi connectivity index (χ0v) is 24.7. The number of aliphatic hydroxyl groups excluding tert-OH is 2. The number of fused-ring (bicyclic) bond motifs is 5. The lowest BCUT2D eigenvalue weighted by Gasteiger charge is -2.59. The maximum atomic E-state index is 10.9. The molecule has 0 saturated heterocycles. The molecule has 4 aliphatic carbocycles. The second-order valence-electron chi connectivity index (χ2n) is 14.3. The summed E-state index contributed by atoms with van der Waals surface area (Å²) in [5.74, 6) is 5.54. The maximum Gasteiger partial charge on any atom is 0.0804 e. The smallest absolute Gasteiger partial charge is 0.0804 e. The molecule has 0 spiro atoms. The quantitative estimate of drug-likeness (QED) is 0.203. The lowest BCUT2D eigenvalue weighted by molar-refractivity contribution is -0.0640. The van der Waals surface area contributed by atoms with Crippen LogP contribution in [0, 0.1) is 52.3 Å². The molecule has 0 heterocycles. The van der Waals surface area contributed by atoms with Gasteiger partial charge >= 0.3 is 0 Å². The predicted molar refractivity (Wildman–Crippen MR) is 151 cm³/mol. The summed E-state index contributed by atoms with van der Waals surface area (Å²) in [6.07, 6.45) is 16.8. The number of ether oxygens (including phenoxy) is 2. The van der Waals surface area contributed by atoms with Crippen molar-refractivity contribution in [3.05, 3.63) is 11.6 Å². The number of aliphatic hydroxyl groups is 2. The van der Waals surface area contributed by atoms with Crippen LogP contribution in [0.15, 0.2) is 11.6 Å². The first kappa shape index (κ1) is 29.6. The van der Waals surface area contributed by atoms with Crippen molar-refractivity contribution in [3.8, 4) is 0 Å². The number of allylic oxidation sites excluding steroid dienone is 2. The van der Waals surface area contributed by atoms with Crippen LogP contribution in [0.3, 0.4) is 0 Å². The lowest BCUT2D eigenvalue weighted by atomic mass is 9.46. The van der Waals surface area contributed by atoms with E-state index in [-0.39, 0.29) is 6.61 Å². The molecular formula is C33H58O4. The second-order valence-corrected chi connectivity index (χ2v) is 14.3. The standard InChI is InChI=1S/C33H58O4/c1-23(2)7-6-8-24(3)28-11-12-29-27-10-9-26-21-25(31(35)22-37-20-19-36-18-17-34)13-15-32(26,4)30(27)14-16-33(28,29)5/h9,23-25,27-31,34-35H,6-8,10-22H2,1-5H3/t24-,25+,27+,28-,29+,30+,31?,32+,33-/m1/s1. The fourth-order valence-corrected chi connectivity index (χ4v) is 9.67. The van der Waals surface area contributed by atoms with Crippen LogP contribution in [0.4, 0.5) is 0 Å². The predicted octanol–water partition coefficient (Wildman–Crippen LogP) is 7.03. The minimum Gasteiger partial charge on any atom is -0.394 e. The van der Waals surface area contributed by atoms with Crippen molar-refractivity contribution in [2.75, 3.05) is 33.0 Å². The van der Waals surface area contributed by atoms with Crippen molar-refractivity contribution in [1.29, 1.82) is 0 Å². The Morgan fingerprint density at radius 3 is 2.49 bits per heavy atom. The Balaban J connectivity index is 1.34. The van der Waals surface area contributed by atoms with Crippen molar-refractivity contribution >= 4 is 0 Å². The van der Waals surface area contributed by atoms with Crippen LogP contribution in [-0.4, -0.2) is 49.4 Å². The van der Waals surface area contributed by atoms with Crippen LogP contribution in [0.1, 0.15) is 105 Å². The zero-order chi connectivity index (χ0) is 26.6. The molecular weight excluding hydrogens is 460 g/mol. The average molecular weight is 519 g/mol. The van der Waals surface area contributed by atoms with Gasteiger partial charge in [0.2, 0.25) is 0 Å². The summed E-state index contributed by atoms with van der Waals surface area (Å²) in [5.41, 5.74) is 2.53. The molecule has 3 fully saturated rings. The molecule has 214 valence electrons. The third kappa shape index (κ3) is 6.34. The minimum absolute atomic E-state index is 0.0402. The molecule has 4 nitrogen and oxygen atoms in total. The Morgan fingerprint density at radius 2 is 1.73 bits per heavy atom. The van der Waals surface area contributed by atoms with Gasteiger partial charge < -0.3 is 19.7 Å². The molecule has 4 rings (SSSR count). The van der Waals surface area contributed by atoms with Gasteiger partial charge in [-0.3, -0.25) is 0 Å². The summed E-state index contributed by atoms with van der Waals surface area (Å²) < 4.78 is 11.0. The lowest BCUT2D eigenvalue weighted by Crippen LogP contribution is -2.51. The van der Waals surface area contributed by atoms with E-state index in [2.05, 4.69) is 40.7 Å². The molecule has 2 N–H and O–H groups in total. The van der Waals surface area contributed by atoms with Crippen LogP contribution < -0.4 is 0 Å². The molecule has 3 saturated carbocycles. The summed E-state index contributed by atoms with van der Waals surface area (Å²) in [5, 5.41) is 19.7. The van der Waals surface area contributed by atoms with Gasteiger partial charge in [0, 0.05) is 0 Å². The Bertz CT molecular complexity index is 749. The fourth-order valence-electron chi connectivity index (χ4n) is 9.67. The first-order valence-electron chi connectivity index (χ1n) is 15.8. The van der Waals surface area contributed by atoms with E-state index >= 15 is 0 Å². The van der Waals surface area contributed by atoms with Crippen molar-refractivity contribution in [2.45, 2.75) is 111 Å². The molecule has 0 bridgehead atoms. The zero-order valence-electron chi connectivity index (χ0n) is 24.7. The largest absolute Gasteiger partial charge is 0.394 e. The highest BCUT2D eigenvalue weighted by molar-refractivity contribution is 5.25. The van der Waals surface area contributed by atoms with Crippen molar-refractivity contribution in [2.24, 2.45) is 52.3 Å². The van der Waals surface area contributed by atoms with Gasteiger partial charge in [-0.1, -0.05) is 65.5 Å². The Hall–Kier alpha value is -0.420. The molecule has 0 radical (unpaired) electrons. The van der Waals surface area contributed by atoms with E-state index in [0.29, 0.717) is 43.2 Å². The highest BCUT2D eigenvalue weighted by Crippen LogP contribution is 2.67. The molecule has 37 heavy (non-hydrogen) atoms. The van der Waals surface area contributed by atoms with E-state index in [0.717, 1.165) is 48.3 Å². The molecule has 0 aromatic carbocycles. The van der Waals surface area contributed by atoms with Gasteiger partial charge in [-0.15, -0.1) is 0 Å². The van der Waals surface area contributed by atoms with Crippen molar-refractivity contribution < 1.29 is 19.7 Å². The number of hydrogen-bond donors (Lipinski definition) is 2. The van der Waals surface area contributed by atoms with Crippen LogP contribution >= 0.6 is 0 Å². The molecule has 1 unspecified atom stereocenters. The van der Waals surface area contributed by atoms with Crippen LogP contribution in [0.25, 0.3) is 0 Å². The van der Waals surface area contributed by atoms with Gasteiger partial charge in [0.25, 0.3) is 0 Å². The van der Waals surface area contributed by atoms with E-state index in [4.69, 9.17) is 14.6 Å². The molecule has 0 aromatic rings. The van der Waals surface area contributed by atoms with Crippen LogP contribution in [-0.2, 0) is 9.47 Å². The van der Waals surface area contributed by atoms with Crippen LogP contribution in [0.2, 0.25) is 0 Å².